The Morgan fingerprint density at radius 2 is 2.29 bits per heavy atom. The van der Waals surface area contributed by atoms with E-state index < -0.39 is 0 Å². The van der Waals surface area contributed by atoms with Gasteiger partial charge in [-0.25, -0.2) is 4.52 Å². The van der Waals surface area contributed by atoms with Crippen molar-refractivity contribution in [3.63, 3.8) is 0 Å². The van der Waals surface area contributed by atoms with Crippen molar-refractivity contribution < 1.29 is 9.21 Å². The van der Waals surface area contributed by atoms with Crippen LogP contribution in [0.25, 0.3) is 5.52 Å². The molecule has 5 nitrogen and oxygen atoms in total. The molecule has 3 aromatic heterocycles. The molecule has 17 heavy (non-hydrogen) atoms. The summed E-state index contributed by atoms with van der Waals surface area (Å²) in [6, 6.07) is 7.13. The molecule has 0 aliphatic heterocycles. The summed E-state index contributed by atoms with van der Waals surface area (Å²) in [4.78, 5) is 11.8. The second-order valence-electron chi connectivity index (χ2n) is 3.58. The molecule has 0 spiro atoms. The number of rotatable bonds is 2. The molecule has 84 valence electrons. The van der Waals surface area contributed by atoms with Crippen molar-refractivity contribution in [3.05, 3.63) is 54.7 Å². The number of furan rings is 1. The SMILES string of the molecule is O=C(Nc1ccn2nccc2c1)c1ccoc1. The highest BCUT2D eigenvalue weighted by atomic mass is 16.3. The number of pyridine rings is 1. The van der Waals surface area contributed by atoms with Gasteiger partial charge >= 0.3 is 0 Å². The minimum Gasteiger partial charge on any atom is -0.472 e. The molecule has 0 atom stereocenters. The van der Waals surface area contributed by atoms with Crippen LogP contribution in [-0.2, 0) is 0 Å². The second kappa shape index (κ2) is 3.79. The van der Waals surface area contributed by atoms with Crippen LogP contribution in [0.2, 0.25) is 0 Å². The van der Waals surface area contributed by atoms with E-state index in [0.29, 0.717) is 5.56 Å². The standard InChI is InChI=1S/C12H9N3O2/c16-12(9-3-6-17-8-9)14-10-2-5-15-11(7-10)1-4-13-15/h1-8H,(H,14,16). The first-order valence-corrected chi connectivity index (χ1v) is 5.10. The van der Waals surface area contributed by atoms with Gasteiger partial charge in [0.25, 0.3) is 5.91 Å². The summed E-state index contributed by atoms with van der Waals surface area (Å²) in [5.41, 5.74) is 2.15. The quantitative estimate of drug-likeness (QED) is 0.729. The number of nitrogens with one attached hydrogen (secondary N) is 1. The maximum Gasteiger partial charge on any atom is 0.258 e. The van der Waals surface area contributed by atoms with Crippen molar-refractivity contribution in [1.82, 2.24) is 9.61 Å². The summed E-state index contributed by atoms with van der Waals surface area (Å²) in [6.07, 6.45) is 6.37. The number of amides is 1. The minimum atomic E-state index is -0.192. The molecule has 1 N–H and O–H groups in total. The third-order valence-corrected chi connectivity index (χ3v) is 2.44. The average Bonchev–Trinajstić information content (AvgIpc) is 2.99. The highest BCUT2D eigenvalue weighted by molar-refractivity contribution is 6.04. The van der Waals surface area contributed by atoms with Crippen LogP contribution in [0.5, 0.6) is 0 Å². The molecule has 0 saturated heterocycles. The largest absolute Gasteiger partial charge is 0.472 e. The molecule has 0 unspecified atom stereocenters. The van der Waals surface area contributed by atoms with Gasteiger partial charge in [0.1, 0.15) is 6.26 Å². The molecule has 0 aliphatic rings. The number of nitrogens with zero attached hydrogens (tertiary/aromatic N) is 2. The van der Waals surface area contributed by atoms with E-state index in [4.69, 9.17) is 4.42 Å². The third kappa shape index (κ3) is 1.78. The van der Waals surface area contributed by atoms with Crippen LogP contribution >= 0.6 is 0 Å². The van der Waals surface area contributed by atoms with Crippen molar-refractivity contribution in [3.8, 4) is 0 Å². The van der Waals surface area contributed by atoms with Crippen LogP contribution < -0.4 is 5.32 Å². The van der Waals surface area contributed by atoms with Crippen molar-refractivity contribution in [1.29, 1.82) is 0 Å². The van der Waals surface area contributed by atoms with Gasteiger partial charge in [-0.1, -0.05) is 0 Å². The Morgan fingerprint density at radius 1 is 1.35 bits per heavy atom. The fourth-order valence-corrected chi connectivity index (χ4v) is 1.60. The Labute approximate surface area is 96.7 Å². The van der Waals surface area contributed by atoms with Crippen LogP contribution in [0.3, 0.4) is 0 Å². The van der Waals surface area contributed by atoms with Crippen molar-refractivity contribution in [2.75, 3.05) is 5.32 Å². The lowest BCUT2D eigenvalue weighted by molar-refractivity contribution is 0.102. The van der Waals surface area contributed by atoms with Crippen molar-refractivity contribution in [2.45, 2.75) is 0 Å². The molecule has 1 amide bonds. The predicted octanol–water partition coefficient (Wildman–Crippen LogP) is 2.18. The van der Waals surface area contributed by atoms with Gasteiger partial charge in [-0.05, 0) is 24.3 Å². The Kier molecular flexibility index (Phi) is 2.15. The van der Waals surface area contributed by atoms with E-state index in [9.17, 15) is 4.79 Å². The van der Waals surface area contributed by atoms with E-state index in [1.165, 1.54) is 12.5 Å². The van der Waals surface area contributed by atoms with Crippen molar-refractivity contribution in [2.24, 2.45) is 0 Å². The lowest BCUT2D eigenvalue weighted by atomic mass is 10.3. The normalized spacial score (nSPS) is 10.6. The molecule has 3 aromatic rings. The lowest BCUT2D eigenvalue weighted by Gasteiger charge is -2.03. The van der Waals surface area contributed by atoms with E-state index in [0.717, 1.165) is 11.2 Å². The summed E-state index contributed by atoms with van der Waals surface area (Å²) in [5.74, 6) is -0.192. The predicted molar refractivity (Wildman–Crippen MR) is 61.9 cm³/mol. The number of carbonyl (C=O) groups excluding carboxylic acids is 1. The highest BCUT2D eigenvalue weighted by Crippen LogP contribution is 2.13. The minimum absolute atomic E-state index is 0.192. The van der Waals surface area contributed by atoms with Gasteiger partial charge < -0.3 is 9.73 Å². The average molecular weight is 227 g/mol. The molecular weight excluding hydrogens is 218 g/mol. The van der Waals surface area contributed by atoms with Gasteiger partial charge in [0.15, 0.2) is 0 Å². The Balaban J connectivity index is 1.87. The number of aromatic nitrogens is 2. The van der Waals surface area contributed by atoms with Gasteiger partial charge in [-0.15, -0.1) is 0 Å². The first kappa shape index (κ1) is 9.65. The number of hydrogen-bond donors (Lipinski definition) is 1. The zero-order valence-electron chi connectivity index (χ0n) is 8.83. The first-order chi connectivity index (χ1) is 8.33. The summed E-state index contributed by atoms with van der Waals surface area (Å²) < 4.78 is 6.59. The number of fused-ring (bicyclic) bond motifs is 1. The number of anilines is 1. The highest BCUT2D eigenvalue weighted by Gasteiger charge is 2.07. The maximum atomic E-state index is 11.8. The summed E-state index contributed by atoms with van der Waals surface area (Å²) in [7, 11) is 0. The molecule has 0 bridgehead atoms. The van der Waals surface area contributed by atoms with Gasteiger partial charge in [0.2, 0.25) is 0 Å². The zero-order chi connectivity index (χ0) is 11.7. The van der Waals surface area contributed by atoms with Crippen LogP contribution in [-0.4, -0.2) is 15.5 Å². The summed E-state index contributed by atoms with van der Waals surface area (Å²) in [6.45, 7) is 0. The van der Waals surface area contributed by atoms with Crippen LogP contribution in [0.1, 0.15) is 10.4 Å². The van der Waals surface area contributed by atoms with Crippen LogP contribution in [0.15, 0.2) is 53.6 Å². The molecule has 0 fully saturated rings. The molecular formula is C12H9N3O2. The molecule has 0 aliphatic carbocycles. The maximum absolute atomic E-state index is 11.8. The fraction of sp³-hybridized carbons (Fsp3) is 0. The monoisotopic (exact) mass is 227 g/mol. The Bertz CT molecular complexity index is 655. The van der Waals surface area contributed by atoms with Gasteiger partial charge in [0.05, 0.1) is 17.3 Å². The third-order valence-electron chi connectivity index (χ3n) is 2.44. The van der Waals surface area contributed by atoms with Gasteiger partial charge in [0, 0.05) is 18.1 Å². The Morgan fingerprint density at radius 3 is 3.12 bits per heavy atom. The number of hydrogen-bond acceptors (Lipinski definition) is 3. The summed E-state index contributed by atoms with van der Waals surface area (Å²) >= 11 is 0. The van der Waals surface area contributed by atoms with E-state index >= 15 is 0 Å². The van der Waals surface area contributed by atoms with E-state index in [1.54, 1.807) is 29.0 Å². The topological polar surface area (TPSA) is 59.5 Å². The van der Waals surface area contributed by atoms with Gasteiger partial charge in [-0.3, -0.25) is 4.79 Å². The van der Waals surface area contributed by atoms with Crippen LogP contribution in [0, 0.1) is 0 Å². The lowest BCUT2D eigenvalue weighted by Crippen LogP contribution is -2.10. The van der Waals surface area contributed by atoms with Crippen LogP contribution in [0.4, 0.5) is 5.69 Å². The smallest absolute Gasteiger partial charge is 0.258 e. The molecule has 5 heteroatoms. The number of carbonyl (C=O) groups is 1. The molecule has 0 aromatic carbocycles. The van der Waals surface area contributed by atoms with E-state index in [2.05, 4.69) is 10.4 Å². The first-order valence-electron chi connectivity index (χ1n) is 5.10. The molecule has 0 saturated carbocycles. The molecule has 3 heterocycles. The van der Waals surface area contributed by atoms with Crippen molar-refractivity contribution >= 4 is 17.1 Å². The molecule has 0 radical (unpaired) electrons. The fourth-order valence-electron chi connectivity index (χ4n) is 1.60. The van der Waals surface area contributed by atoms with E-state index in [-0.39, 0.29) is 5.91 Å². The summed E-state index contributed by atoms with van der Waals surface area (Å²) in [5, 5.41) is 6.86. The molecule has 3 rings (SSSR count). The Hall–Kier alpha value is -2.56. The van der Waals surface area contributed by atoms with Gasteiger partial charge in [-0.2, -0.15) is 5.10 Å². The second-order valence-corrected chi connectivity index (χ2v) is 3.58. The zero-order valence-corrected chi connectivity index (χ0v) is 8.83. The van der Waals surface area contributed by atoms with E-state index in [1.807, 2.05) is 12.1 Å².